The van der Waals surface area contributed by atoms with Crippen molar-refractivity contribution < 1.29 is 0 Å². The molecular formula is C15H20N4. The van der Waals surface area contributed by atoms with E-state index >= 15 is 0 Å². The summed E-state index contributed by atoms with van der Waals surface area (Å²) in [5.41, 5.74) is 2.20. The molecule has 1 N–H and O–H groups in total. The molecule has 2 aromatic heterocycles. The minimum absolute atomic E-state index is 0.380. The van der Waals surface area contributed by atoms with Gasteiger partial charge in [-0.05, 0) is 49.8 Å². The van der Waals surface area contributed by atoms with Crippen LogP contribution in [0.1, 0.15) is 49.5 Å². The first kappa shape index (κ1) is 11.4. The summed E-state index contributed by atoms with van der Waals surface area (Å²) >= 11 is 0. The van der Waals surface area contributed by atoms with E-state index in [1.165, 1.54) is 37.7 Å². The van der Waals surface area contributed by atoms with E-state index in [0.29, 0.717) is 12.1 Å². The lowest BCUT2D eigenvalue weighted by Crippen LogP contribution is -2.30. The Morgan fingerprint density at radius 2 is 2.16 bits per heavy atom. The highest BCUT2D eigenvalue weighted by Gasteiger charge is 2.37. The molecule has 3 atom stereocenters. The zero-order chi connectivity index (χ0) is 12.8. The molecule has 0 amide bonds. The maximum absolute atomic E-state index is 4.43. The topological polar surface area (TPSA) is 42.2 Å². The number of aromatic nitrogens is 3. The highest BCUT2D eigenvalue weighted by Crippen LogP contribution is 2.38. The Morgan fingerprint density at radius 1 is 1.26 bits per heavy atom. The summed E-state index contributed by atoms with van der Waals surface area (Å²) in [7, 11) is 0. The van der Waals surface area contributed by atoms with Gasteiger partial charge in [0.25, 0.3) is 0 Å². The van der Waals surface area contributed by atoms with Crippen LogP contribution in [0.4, 0.5) is 0 Å². The number of nitrogens with one attached hydrogen (secondary N) is 1. The van der Waals surface area contributed by atoms with Crippen molar-refractivity contribution in [1.29, 1.82) is 0 Å². The average molecular weight is 256 g/mol. The third-order valence-electron chi connectivity index (χ3n) is 4.77. The highest BCUT2D eigenvalue weighted by molar-refractivity contribution is 5.41. The first-order chi connectivity index (χ1) is 9.31. The molecule has 1 saturated carbocycles. The second-order valence-electron chi connectivity index (χ2n) is 6.10. The third-order valence-corrected chi connectivity index (χ3v) is 4.77. The monoisotopic (exact) mass is 256 g/mol. The Labute approximate surface area is 113 Å². The van der Waals surface area contributed by atoms with Crippen molar-refractivity contribution in [3.8, 4) is 0 Å². The largest absolute Gasteiger partial charge is 0.304 e. The summed E-state index contributed by atoms with van der Waals surface area (Å²) in [4.78, 5) is 0. The normalized spacial score (nSPS) is 30.7. The first-order valence-electron chi connectivity index (χ1n) is 7.38. The number of hydrogen-bond acceptors (Lipinski definition) is 3. The van der Waals surface area contributed by atoms with Crippen LogP contribution in [0.5, 0.6) is 0 Å². The van der Waals surface area contributed by atoms with Gasteiger partial charge in [-0.25, -0.2) is 0 Å². The van der Waals surface area contributed by atoms with Crippen LogP contribution < -0.4 is 5.32 Å². The lowest BCUT2D eigenvalue weighted by Gasteiger charge is -2.24. The molecule has 19 heavy (non-hydrogen) atoms. The lowest BCUT2D eigenvalue weighted by atomic mass is 9.85. The van der Waals surface area contributed by atoms with Crippen molar-refractivity contribution in [2.45, 2.75) is 51.1 Å². The van der Waals surface area contributed by atoms with Crippen molar-refractivity contribution in [3.63, 3.8) is 0 Å². The molecule has 0 spiro atoms. The second kappa shape index (κ2) is 4.30. The van der Waals surface area contributed by atoms with Gasteiger partial charge in [0.15, 0.2) is 11.5 Å². The Bertz CT molecular complexity index is 589. The number of nitrogens with zero attached hydrogens (tertiary/aromatic N) is 3. The smallest absolute Gasteiger partial charge is 0.161 e. The predicted molar refractivity (Wildman–Crippen MR) is 74.0 cm³/mol. The number of pyridine rings is 1. The average Bonchev–Trinajstić information content (AvgIpc) is 3.00. The van der Waals surface area contributed by atoms with Gasteiger partial charge in [0.2, 0.25) is 0 Å². The van der Waals surface area contributed by atoms with Crippen LogP contribution in [0, 0.1) is 12.8 Å². The Balaban J connectivity index is 1.67. The van der Waals surface area contributed by atoms with Crippen LogP contribution in [0.3, 0.4) is 0 Å². The maximum Gasteiger partial charge on any atom is 0.161 e. The number of hydrogen-bond donors (Lipinski definition) is 1. The van der Waals surface area contributed by atoms with Crippen molar-refractivity contribution in [2.24, 2.45) is 5.92 Å². The molecule has 0 aromatic carbocycles. The van der Waals surface area contributed by atoms with E-state index in [1.807, 2.05) is 0 Å². The van der Waals surface area contributed by atoms with Crippen molar-refractivity contribution in [3.05, 3.63) is 29.7 Å². The maximum atomic E-state index is 4.43. The quantitative estimate of drug-likeness (QED) is 0.853. The van der Waals surface area contributed by atoms with Crippen LogP contribution in [0.25, 0.3) is 5.65 Å². The second-order valence-corrected chi connectivity index (χ2v) is 6.10. The van der Waals surface area contributed by atoms with Crippen molar-refractivity contribution in [1.82, 2.24) is 19.9 Å². The van der Waals surface area contributed by atoms with Crippen LogP contribution in [0.2, 0.25) is 0 Å². The van der Waals surface area contributed by atoms with Crippen molar-refractivity contribution >= 4 is 5.65 Å². The van der Waals surface area contributed by atoms with Gasteiger partial charge in [-0.3, -0.25) is 4.40 Å². The standard InChI is InChI=1S/C15H20N4/c1-10-6-7-19-14(8-10)17-18-15(19)13-9-11-4-2-3-5-12(11)16-13/h6-8,11-13,16H,2-5,9H2,1H3. The van der Waals surface area contributed by atoms with Gasteiger partial charge < -0.3 is 5.32 Å². The number of rotatable bonds is 1. The van der Waals surface area contributed by atoms with Gasteiger partial charge in [-0.1, -0.05) is 12.8 Å². The van der Waals surface area contributed by atoms with Crippen LogP contribution in [-0.2, 0) is 0 Å². The van der Waals surface area contributed by atoms with Gasteiger partial charge in [0.1, 0.15) is 0 Å². The molecule has 1 aliphatic carbocycles. The van der Waals surface area contributed by atoms with E-state index in [4.69, 9.17) is 0 Å². The number of aryl methyl sites for hydroxylation is 1. The van der Waals surface area contributed by atoms with E-state index in [-0.39, 0.29) is 0 Å². The van der Waals surface area contributed by atoms with E-state index in [0.717, 1.165) is 17.4 Å². The molecule has 2 aliphatic rings. The molecule has 4 nitrogen and oxygen atoms in total. The molecule has 4 heteroatoms. The van der Waals surface area contributed by atoms with Crippen molar-refractivity contribution in [2.75, 3.05) is 0 Å². The Kier molecular flexibility index (Phi) is 2.58. The summed E-state index contributed by atoms with van der Waals surface area (Å²) in [6.45, 7) is 2.09. The van der Waals surface area contributed by atoms with Gasteiger partial charge >= 0.3 is 0 Å². The summed E-state index contributed by atoms with van der Waals surface area (Å²) in [6.07, 6.45) is 8.81. The zero-order valence-electron chi connectivity index (χ0n) is 11.3. The Morgan fingerprint density at radius 3 is 3.05 bits per heavy atom. The van der Waals surface area contributed by atoms with E-state index < -0.39 is 0 Å². The fourth-order valence-electron chi connectivity index (χ4n) is 3.77. The third kappa shape index (κ3) is 1.86. The molecule has 1 saturated heterocycles. The molecule has 100 valence electrons. The minimum Gasteiger partial charge on any atom is -0.304 e. The first-order valence-corrected chi connectivity index (χ1v) is 7.38. The molecule has 1 aliphatic heterocycles. The van der Waals surface area contributed by atoms with E-state index in [9.17, 15) is 0 Å². The minimum atomic E-state index is 0.380. The highest BCUT2D eigenvalue weighted by atomic mass is 15.3. The molecule has 0 radical (unpaired) electrons. The zero-order valence-corrected chi connectivity index (χ0v) is 11.3. The summed E-state index contributed by atoms with van der Waals surface area (Å²) in [6, 6.07) is 5.31. The Hall–Kier alpha value is -1.42. The van der Waals surface area contributed by atoms with Crippen LogP contribution >= 0.6 is 0 Å². The fourth-order valence-corrected chi connectivity index (χ4v) is 3.77. The lowest BCUT2D eigenvalue weighted by molar-refractivity contribution is 0.325. The predicted octanol–water partition coefficient (Wildman–Crippen LogP) is 2.63. The number of fused-ring (bicyclic) bond motifs is 2. The summed E-state index contributed by atoms with van der Waals surface area (Å²) in [5.74, 6) is 1.93. The van der Waals surface area contributed by atoms with Crippen LogP contribution in [0.15, 0.2) is 18.3 Å². The van der Waals surface area contributed by atoms with Gasteiger partial charge in [0.05, 0.1) is 6.04 Å². The van der Waals surface area contributed by atoms with Gasteiger partial charge in [-0.2, -0.15) is 0 Å². The fraction of sp³-hybridized carbons (Fsp3) is 0.600. The molecule has 4 rings (SSSR count). The van der Waals surface area contributed by atoms with Gasteiger partial charge in [0, 0.05) is 12.2 Å². The molecule has 2 aromatic rings. The van der Waals surface area contributed by atoms with E-state index in [1.54, 1.807) is 0 Å². The summed E-state index contributed by atoms with van der Waals surface area (Å²) in [5, 5.41) is 12.5. The molecular weight excluding hydrogens is 236 g/mol. The molecule has 0 bridgehead atoms. The SMILES string of the molecule is Cc1ccn2c(C3CC4CCCCC4N3)nnc2c1. The molecule has 3 unspecified atom stereocenters. The molecule has 2 fully saturated rings. The van der Waals surface area contributed by atoms with Crippen LogP contribution in [-0.4, -0.2) is 20.6 Å². The van der Waals surface area contributed by atoms with Gasteiger partial charge in [-0.15, -0.1) is 10.2 Å². The van der Waals surface area contributed by atoms with E-state index in [2.05, 4.69) is 45.2 Å². The molecule has 3 heterocycles. The summed E-state index contributed by atoms with van der Waals surface area (Å²) < 4.78 is 2.14.